The van der Waals surface area contributed by atoms with Crippen molar-refractivity contribution in [3.8, 4) is 0 Å². The molecule has 0 heterocycles. The fourth-order valence-electron chi connectivity index (χ4n) is 2.04. The summed E-state index contributed by atoms with van der Waals surface area (Å²) >= 11 is 5.81. The predicted octanol–water partition coefficient (Wildman–Crippen LogP) is 3.06. The molecule has 0 aromatic heterocycles. The van der Waals surface area contributed by atoms with Crippen molar-refractivity contribution in [2.24, 2.45) is 0 Å². The zero-order chi connectivity index (χ0) is 10.7. The number of aliphatic hydroxyl groups is 1. The smallest absolute Gasteiger partial charge is 0.0741 e. The number of hydrogen-bond donors (Lipinski definition) is 2. The van der Waals surface area contributed by atoms with Crippen LogP contribution in [0.25, 0.3) is 0 Å². The van der Waals surface area contributed by atoms with Crippen LogP contribution < -0.4 is 5.32 Å². The van der Waals surface area contributed by atoms with Gasteiger partial charge < -0.3 is 10.4 Å². The van der Waals surface area contributed by atoms with Gasteiger partial charge in [0, 0.05) is 10.7 Å². The predicted molar refractivity (Wildman–Crippen MR) is 63.3 cm³/mol. The highest BCUT2D eigenvalue weighted by atomic mass is 35.5. The first kappa shape index (κ1) is 10.8. The minimum Gasteiger partial charge on any atom is -0.391 e. The molecule has 1 saturated carbocycles. The SMILES string of the molecule is O[C@H]1CCCC[C@H]1Nc1ccc(Cl)cc1. The Bertz CT molecular complexity index is 312. The highest BCUT2D eigenvalue weighted by Gasteiger charge is 2.22. The van der Waals surface area contributed by atoms with Gasteiger partial charge >= 0.3 is 0 Å². The van der Waals surface area contributed by atoms with E-state index in [9.17, 15) is 5.11 Å². The number of anilines is 1. The Hall–Kier alpha value is -0.730. The molecule has 82 valence electrons. The van der Waals surface area contributed by atoms with Crippen molar-refractivity contribution in [2.45, 2.75) is 37.8 Å². The summed E-state index contributed by atoms with van der Waals surface area (Å²) in [6.07, 6.45) is 4.08. The number of halogens is 1. The molecule has 0 aliphatic heterocycles. The Morgan fingerprint density at radius 2 is 1.80 bits per heavy atom. The second kappa shape index (κ2) is 4.86. The third-order valence-electron chi connectivity index (χ3n) is 2.93. The first-order chi connectivity index (χ1) is 7.25. The topological polar surface area (TPSA) is 32.3 Å². The largest absolute Gasteiger partial charge is 0.391 e. The second-order valence-corrected chi connectivity index (χ2v) is 4.55. The molecule has 1 aromatic rings. The summed E-state index contributed by atoms with van der Waals surface area (Å²) in [5, 5.41) is 13.9. The Morgan fingerprint density at radius 1 is 1.13 bits per heavy atom. The Labute approximate surface area is 95.3 Å². The van der Waals surface area contributed by atoms with E-state index in [1.807, 2.05) is 24.3 Å². The molecule has 2 N–H and O–H groups in total. The monoisotopic (exact) mass is 225 g/mol. The molecule has 2 atom stereocenters. The van der Waals surface area contributed by atoms with E-state index in [0.717, 1.165) is 30.0 Å². The molecule has 3 heteroatoms. The highest BCUT2D eigenvalue weighted by Crippen LogP contribution is 2.22. The van der Waals surface area contributed by atoms with Crippen molar-refractivity contribution in [3.05, 3.63) is 29.3 Å². The van der Waals surface area contributed by atoms with E-state index < -0.39 is 0 Å². The van der Waals surface area contributed by atoms with Gasteiger partial charge in [-0.15, -0.1) is 0 Å². The van der Waals surface area contributed by atoms with Gasteiger partial charge in [-0.3, -0.25) is 0 Å². The first-order valence-corrected chi connectivity index (χ1v) is 5.84. The number of hydrogen-bond acceptors (Lipinski definition) is 2. The van der Waals surface area contributed by atoms with Crippen LogP contribution in [0.3, 0.4) is 0 Å². The van der Waals surface area contributed by atoms with Crippen LogP contribution >= 0.6 is 11.6 Å². The van der Waals surface area contributed by atoms with E-state index >= 15 is 0 Å². The van der Waals surface area contributed by atoms with Gasteiger partial charge in [-0.25, -0.2) is 0 Å². The highest BCUT2D eigenvalue weighted by molar-refractivity contribution is 6.30. The van der Waals surface area contributed by atoms with Crippen molar-refractivity contribution in [2.75, 3.05) is 5.32 Å². The first-order valence-electron chi connectivity index (χ1n) is 5.46. The van der Waals surface area contributed by atoms with Crippen LogP contribution in [0.5, 0.6) is 0 Å². The zero-order valence-electron chi connectivity index (χ0n) is 8.62. The molecule has 1 aliphatic rings. The average Bonchev–Trinajstić information content (AvgIpc) is 2.25. The molecule has 1 aliphatic carbocycles. The Kier molecular flexibility index (Phi) is 3.49. The summed E-state index contributed by atoms with van der Waals surface area (Å²) in [4.78, 5) is 0. The van der Waals surface area contributed by atoms with Gasteiger partial charge in [0.05, 0.1) is 12.1 Å². The van der Waals surface area contributed by atoms with Crippen molar-refractivity contribution in [1.82, 2.24) is 0 Å². The van der Waals surface area contributed by atoms with E-state index in [-0.39, 0.29) is 12.1 Å². The lowest BCUT2D eigenvalue weighted by atomic mass is 9.92. The van der Waals surface area contributed by atoms with Gasteiger partial charge in [0.2, 0.25) is 0 Å². The molecule has 0 amide bonds. The fraction of sp³-hybridized carbons (Fsp3) is 0.500. The molecule has 2 rings (SSSR count). The molecule has 0 unspecified atom stereocenters. The number of nitrogens with one attached hydrogen (secondary N) is 1. The zero-order valence-corrected chi connectivity index (χ0v) is 9.37. The van der Waals surface area contributed by atoms with Crippen LogP contribution in [0.2, 0.25) is 5.02 Å². The van der Waals surface area contributed by atoms with E-state index in [1.54, 1.807) is 0 Å². The standard InChI is InChI=1S/C12H16ClNO/c13-9-5-7-10(8-6-9)14-11-3-1-2-4-12(11)15/h5-8,11-12,14-15H,1-4H2/t11-,12+/m1/s1. The lowest BCUT2D eigenvalue weighted by Crippen LogP contribution is -2.36. The maximum Gasteiger partial charge on any atom is 0.0741 e. The van der Waals surface area contributed by atoms with E-state index in [2.05, 4.69) is 5.32 Å². The summed E-state index contributed by atoms with van der Waals surface area (Å²) in [7, 11) is 0. The van der Waals surface area contributed by atoms with E-state index in [1.165, 1.54) is 6.42 Å². The molecule has 2 nitrogen and oxygen atoms in total. The minimum absolute atomic E-state index is 0.194. The molecule has 0 saturated heterocycles. The van der Waals surface area contributed by atoms with Crippen molar-refractivity contribution in [3.63, 3.8) is 0 Å². The van der Waals surface area contributed by atoms with Crippen LogP contribution in [0.1, 0.15) is 25.7 Å². The quantitative estimate of drug-likeness (QED) is 0.811. The summed E-state index contributed by atoms with van der Waals surface area (Å²) in [5.74, 6) is 0. The van der Waals surface area contributed by atoms with Crippen LogP contribution in [0.15, 0.2) is 24.3 Å². The van der Waals surface area contributed by atoms with Gasteiger partial charge in [0.1, 0.15) is 0 Å². The third-order valence-corrected chi connectivity index (χ3v) is 3.18. The fourth-order valence-corrected chi connectivity index (χ4v) is 2.17. The third kappa shape index (κ3) is 2.86. The summed E-state index contributed by atoms with van der Waals surface area (Å²) in [6, 6.07) is 7.81. The lowest BCUT2D eigenvalue weighted by Gasteiger charge is -2.29. The lowest BCUT2D eigenvalue weighted by molar-refractivity contribution is 0.116. The molecule has 15 heavy (non-hydrogen) atoms. The maximum absolute atomic E-state index is 9.80. The summed E-state index contributed by atoms with van der Waals surface area (Å²) < 4.78 is 0. The molecule has 1 aromatic carbocycles. The van der Waals surface area contributed by atoms with Crippen LogP contribution in [-0.4, -0.2) is 17.3 Å². The van der Waals surface area contributed by atoms with Crippen LogP contribution in [-0.2, 0) is 0 Å². The van der Waals surface area contributed by atoms with E-state index in [4.69, 9.17) is 11.6 Å². The van der Waals surface area contributed by atoms with Gasteiger partial charge in [-0.2, -0.15) is 0 Å². The molecule has 0 bridgehead atoms. The van der Waals surface area contributed by atoms with Crippen molar-refractivity contribution >= 4 is 17.3 Å². The molecule has 0 spiro atoms. The summed E-state index contributed by atoms with van der Waals surface area (Å²) in [6.45, 7) is 0. The van der Waals surface area contributed by atoms with Gasteiger partial charge in [0.25, 0.3) is 0 Å². The number of benzene rings is 1. The second-order valence-electron chi connectivity index (χ2n) is 4.11. The summed E-state index contributed by atoms with van der Waals surface area (Å²) in [5.41, 5.74) is 1.03. The van der Waals surface area contributed by atoms with Gasteiger partial charge in [0.15, 0.2) is 0 Å². The average molecular weight is 226 g/mol. The van der Waals surface area contributed by atoms with Crippen molar-refractivity contribution in [1.29, 1.82) is 0 Å². The van der Waals surface area contributed by atoms with Crippen LogP contribution in [0.4, 0.5) is 5.69 Å². The van der Waals surface area contributed by atoms with E-state index in [0.29, 0.717) is 0 Å². The van der Waals surface area contributed by atoms with Crippen LogP contribution in [0, 0.1) is 0 Å². The molecular formula is C12H16ClNO. The molecular weight excluding hydrogens is 210 g/mol. The Balaban J connectivity index is 1.98. The van der Waals surface area contributed by atoms with Crippen molar-refractivity contribution < 1.29 is 5.11 Å². The van der Waals surface area contributed by atoms with Gasteiger partial charge in [-0.1, -0.05) is 24.4 Å². The number of aliphatic hydroxyl groups excluding tert-OH is 1. The minimum atomic E-state index is -0.213. The maximum atomic E-state index is 9.80. The molecule has 1 fully saturated rings. The normalized spacial score (nSPS) is 26.3. The number of rotatable bonds is 2. The Morgan fingerprint density at radius 3 is 2.47 bits per heavy atom. The van der Waals surface area contributed by atoms with Gasteiger partial charge in [-0.05, 0) is 37.1 Å². The molecule has 0 radical (unpaired) electrons.